The van der Waals surface area contributed by atoms with Gasteiger partial charge in [0.25, 0.3) is 5.91 Å². The molecular weight excluding hydrogens is 482 g/mol. The number of nitrogens with zero attached hydrogens (tertiary/aromatic N) is 1. The van der Waals surface area contributed by atoms with E-state index in [4.69, 9.17) is 10.00 Å². The number of nitrogens with one attached hydrogen (secondary N) is 1. The monoisotopic (exact) mass is 496 g/mol. The third-order valence-corrected chi connectivity index (χ3v) is 3.92. The number of halogens is 2. The minimum absolute atomic E-state index is 0.00427. The molecule has 0 atom stereocenters. The van der Waals surface area contributed by atoms with Crippen molar-refractivity contribution in [1.29, 1.82) is 5.26 Å². The normalized spacial score (nSPS) is 11.2. The predicted molar refractivity (Wildman–Crippen MR) is 95.3 cm³/mol. The lowest BCUT2D eigenvalue weighted by atomic mass is 10.1. The number of hydrogen-bond acceptors (Lipinski definition) is 3. The molecule has 20 heavy (non-hydrogen) atoms. The van der Waals surface area contributed by atoms with Crippen molar-refractivity contribution < 1.29 is 9.53 Å². The van der Waals surface area contributed by atoms with Crippen LogP contribution in [0.3, 0.4) is 0 Å². The number of ether oxygens (including phenoxy) is 1. The minimum atomic E-state index is -0.358. The van der Waals surface area contributed by atoms with Gasteiger partial charge in [-0.15, -0.1) is 0 Å². The molecule has 1 rings (SSSR count). The van der Waals surface area contributed by atoms with Gasteiger partial charge in [-0.2, -0.15) is 5.26 Å². The van der Waals surface area contributed by atoms with E-state index < -0.39 is 0 Å². The molecule has 0 aliphatic carbocycles. The molecule has 0 aromatic heterocycles. The zero-order valence-electron chi connectivity index (χ0n) is 11.3. The summed E-state index contributed by atoms with van der Waals surface area (Å²) in [5.41, 5.74) is 0.894. The molecule has 0 fully saturated rings. The SMILES string of the molecule is COc1c(I)cc(/C=C(/C#N)C(=O)NC(C)C)cc1I. The van der Waals surface area contributed by atoms with E-state index in [0.29, 0.717) is 0 Å². The van der Waals surface area contributed by atoms with Crippen molar-refractivity contribution in [2.45, 2.75) is 19.9 Å². The average molecular weight is 496 g/mol. The van der Waals surface area contributed by atoms with Crippen molar-refractivity contribution in [3.05, 3.63) is 30.4 Å². The molecular formula is C14H14I2N2O2. The molecule has 0 saturated carbocycles. The number of nitriles is 1. The van der Waals surface area contributed by atoms with E-state index in [-0.39, 0.29) is 17.5 Å². The lowest BCUT2D eigenvalue weighted by Gasteiger charge is -2.09. The largest absolute Gasteiger partial charge is 0.495 e. The fourth-order valence-corrected chi connectivity index (χ4v) is 3.77. The van der Waals surface area contributed by atoms with Gasteiger partial charge in [0.2, 0.25) is 0 Å². The van der Waals surface area contributed by atoms with Gasteiger partial charge in [-0.25, -0.2) is 0 Å². The molecule has 1 N–H and O–H groups in total. The van der Waals surface area contributed by atoms with Gasteiger partial charge in [0, 0.05) is 6.04 Å². The van der Waals surface area contributed by atoms with Gasteiger partial charge < -0.3 is 10.1 Å². The van der Waals surface area contributed by atoms with Crippen molar-refractivity contribution in [3.8, 4) is 11.8 Å². The van der Waals surface area contributed by atoms with Crippen LogP contribution in [0.5, 0.6) is 5.75 Å². The third-order valence-electron chi connectivity index (χ3n) is 2.32. The van der Waals surface area contributed by atoms with Gasteiger partial charge in [0.15, 0.2) is 0 Å². The Balaban J connectivity index is 3.15. The van der Waals surface area contributed by atoms with Crippen molar-refractivity contribution in [2.24, 2.45) is 0 Å². The molecule has 0 aliphatic heterocycles. The number of carbonyl (C=O) groups excluding carboxylic acids is 1. The van der Waals surface area contributed by atoms with Crippen molar-refractivity contribution in [1.82, 2.24) is 5.32 Å². The second-order valence-corrected chi connectivity index (χ2v) is 6.64. The van der Waals surface area contributed by atoms with Crippen LogP contribution < -0.4 is 10.1 Å². The predicted octanol–water partition coefficient (Wildman–Crippen LogP) is 3.34. The van der Waals surface area contributed by atoms with Gasteiger partial charge >= 0.3 is 0 Å². The first-order valence-electron chi connectivity index (χ1n) is 5.84. The smallest absolute Gasteiger partial charge is 0.262 e. The zero-order chi connectivity index (χ0) is 15.3. The first-order chi connectivity index (χ1) is 9.38. The number of carbonyl (C=O) groups is 1. The quantitative estimate of drug-likeness (QED) is 0.396. The van der Waals surface area contributed by atoms with Crippen LogP contribution in [0.25, 0.3) is 6.08 Å². The highest BCUT2D eigenvalue weighted by atomic mass is 127. The minimum Gasteiger partial charge on any atom is -0.495 e. The number of hydrogen-bond donors (Lipinski definition) is 1. The average Bonchev–Trinajstić information content (AvgIpc) is 2.34. The van der Waals surface area contributed by atoms with Crippen molar-refractivity contribution in [2.75, 3.05) is 7.11 Å². The van der Waals surface area contributed by atoms with Crippen LogP contribution in [0.1, 0.15) is 19.4 Å². The molecule has 0 radical (unpaired) electrons. The number of benzene rings is 1. The highest BCUT2D eigenvalue weighted by molar-refractivity contribution is 14.1. The van der Waals surface area contributed by atoms with E-state index in [1.54, 1.807) is 13.2 Å². The zero-order valence-corrected chi connectivity index (χ0v) is 15.6. The maximum absolute atomic E-state index is 11.9. The first kappa shape index (κ1) is 17.2. The summed E-state index contributed by atoms with van der Waals surface area (Å²) in [6, 6.07) is 5.68. The summed E-state index contributed by atoms with van der Waals surface area (Å²) in [4.78, 5) is 11.9. The Morgan fingerprint density at radius 1 is 1.40 bits per heavy atom. The van der Waals surface area contributed by atoms with Gasteiger partial charge in [-0.05, 0) is 82.8 Å². The van der Waals surface area contributed by atoms with E-state index in [1.807, 2.05) is 32.0 Å². The second-order valence-electron chi connectivity index (χ2n) is 4.32. The lowest BCUT2D eigenvalue weighted by Crippen LogP contribution is -2.30. The molecule has 1 amide bonds. The van der Waals surface area contributed by atoms with E-state index in [9.17, 15) is 4.79 Å². The Hall–Kier alpha value is -0.820. The third kappa shape index (κ3) is 4.63. The van der Waals surface area contributed by atoms with Crippen LogP contribution in [-0.4, -0.2) is 19.1 Å². The van der Waals surface area contributed by atoms with E-state index in [0.717, 1.165) is 18.5 Å². The molecule has 0 heterocycles. The van der Waals surface area contributed by atoms with Gasteiger partial charge in [0.1, 0.15) is 17.4 Å². The number of rotatable bonds is 4. The molecule has 0 spiro atoms. The summed E-state index contributed by atoms with van der Waals surface area (Å²) in [6.45, 7) is 3.71. The molecule has 4 nitrogen and oxygen atoms in total. The van der Waals surface area contributed by atoms with Crippen LogP contribution in [0.15, 0.2) is 17.7 Å². The molecule has 0 saturated heterocycles. The Bertz CT molecular complexity index is 566. The summed E-state index contributed by atoms with van der Waals surface area (Å²) in [6.07, 6.45) is 1.58. The molecule has 0 bridgehead atoms. The molecule has 0 unspecified atom stereocenters. The van der Waals surface area contributed by atoms with Crippen LogP contribution >= 0.6 is 45.2 Å². The molecule has 1 aromatic carbocycles. The molecule has 6 heteroatoms. The summed E-state index contributed by atoms with van der Waals surface area (Å²) in [7, 11) is 1.62. The van der Waals surface area contributed by atoms with Gasteiger partial charge in [-0.3, -0.25) is 4.79 Å². The Morgan fingerprint density at radius 2 is 1.95 bits per heavy atom. The van der Waals surface area contributed by atoms with Gasteiger partial charge in [0.05, 0.1) is 14.3 Å². The maximum atomic E-state index is 11.9. The van der Waals surface area contributed by atoms with Crippen LogP contribution in [-0.2, 0) is 4.79 Å². The summed E-state index contributed by atoms with van der Waals surface area (Å²) < 4.78 is 7.15. The molecule has 106 valence electrons. The lowest BCUT2D eigenvalue weighted by molar-refractivity contribution is -0.117. The second kappa shape index (κ2) is 7.83. The van der Waals surface area contributed by atoms with Crippen LogP contribution in [0.2, 0.25) is 0 Å². The molecule has 1 aromatic rings. The van der Waals surface area contributed by atoms with Crippen molar-refractivity contribution in [3.63, 3.8) is 0 Å². The Morgan fingerprint density at radius 3 is 2.35 bits per heavy atom. The topological polar surface area (TPSA) is 62.1 Å². The van der Waals surface area contributed by atoms with Gasteiger partial charge in [-0.1, -0.05) is 0 Å². The highest BCUT2D eigenvalue weighted by Crippen LogP contribution is 2.29. The summed E-state index contributed by atoms with van der Waals surface area (Å²) >= 11 is 4.33. The Kier molecular flexibility index (Phi) is 6.75. The summed E-state index contributed by atoms with van der Waals surface area (Å²) in [5.74, 6) is 0.442. The summed E-state index contributed by atoms with van der Waals surface area (Å²) in [5, 5.41) is 11.8. The fraction of sp³-hybridized carbons (Fsp3) is 0.286. The van der Waals surface area contributed by atoms with E-state index in [1.165, 1.54) is 0 Å². The van der Waals surface area contributed by atoms with E-state index >= 15 is 0 Å². The van der Waals surface area contributed by atoms with Crippen molar-refractivity contribution >= 4 is 57.2 Å². The van der Waals surface area contributed by atoms with Crippen LogP contribution in [0.4, 0.5) is 0 Å². The van der Waals surface area contributed by atoms with Crippen LogP contribution in [0, 0.1) is 18.5 Å². The molecule has 0 aliphatic rings. The highest BCUT2D eigenvalue weighted by Gasteiger charge is 2.12. The maximum Gasteiger partial charge on any atom is 0.262 e. The number of amides is 1. The standard InChI is InChI=1S/C14H14I2N2O2/c1-8(2)18-14(19)10(7-17)4-9-5-11(15)13(20-3)12(16)6-9/h4-6,8H,1-3H3,(H,18,19)/b10-4-. The fourth-order valence-electron chi connectivity index (χ4n) is 1.51. The number of methoxy groups -OCH3 is 1. The van der Waals surface area contributed by atoms with E-state index in [2.05, 4.69) is 50.5 Å². The Labute approximate surface area is 145 Å². The first-order valence-corrected chi connectivity index (χ1v) is 8.00.